The summed E-state index contributed by atoms with van der Waals surface area (Å²) >= 11 is 0. The van der Waals surface area contributed by atoms with Crippen LogP contribution in [0.1, 0.15) is 49.3 Å². The van der Waals surface area contributed by atoms with Crippen molar-refractivity contribution in [1.82, 2.24) is 15.2 Å². The van der Waals surface area contributed by atoms with Crippen molar-refractivity contribution in [2.75, 3.05) is 44.0 Å². The topological polar surface area (TPSA) is 157 Å². The molecule has 1 aliphatic carbocycles. The minimum absolute atomic E-state index is 0.0320. The average molecular weight is 719 g/mol. The molecule has 0 radical (unpaired) electrons. The zero-order chi connectivity index (χ0) is 35.2. The van der Waals surface area contributed by atoms with Gasteiger partial charge in [-0.2, -0.15) is 0 Å². The van der Waals surface area contributed by atoms with Gasteiger partial charge in [-0.1, -0.05) is 39.3 Å². The molecule has 1 fully saturated rings. The molecule has 5 unspecified atom stereocenters. The third kappa shape index (κ3) is 6.01. The fourth-order valence-corrected chi connectivity index (χ4v) is 10.6. The number of aliphatic hydroxyl groups excluding tert-OH is 1. The molecule has 1 saturated heterocycles. The van der Waals surface area contributed by atoms with Crippen LogP contribution in [0.2, 0.25) is 0 Å². The van der Waals surface area contributed by atoms with E-state index in [4.69, 9.17) is 19.6 Å². The van der Waals surface area contributed by atoms with Crippen molar-refractivity contribution in [3.8, 4) is 5.75 Å². The number of rotatable bonds is 6. The summed E-state index contributed by atoms with van der Waals surface area (Å²) in [5.74, 6) is 1.72. The zero-order valence-electron chi connectivity index (χ0n) is 28.4. The van der Waals surface area contributed by atoms with E-state index in [2.05, 4.69) is 16.4 Å². The highest BCUT2D eigenvalue weighted by molar-refractivity contribution is 8.76. The largest absolute Gasteiger partial charge is 0.481 e. The summed E-state index contributed by atoms with van der Waals surface area (Å²) in [6.45, 7) is 5.00. The van der Waals surface area contributed by atoms with E-state index in [-0.39, 0.29) is 31.4 Å². The molecule has 5 atom stereocenters. The molecule has 7 rings (SSSR count). The van der Waals surface area contributed by atoms with Crippen LogP contribution in [-0.2, 0) is 27.2 Å². The fourth-order valence-electron chi connectivity index (χ4n) is 8.07. The number of aromatic nitrogens is 1. The summed E-state index contributed by atoms with van der Waals surface area (Å²) < 4.78 is 19.2. The Bertz CT molecular complexity index is 1960. The van der Waals surface area contributed by atoms with Crippen molar-refractivity contribution in [1.29, 1.82) is 0 Å². The van der Waals surface area contributed by atoms with Gasteiger partial charge >= 0.3 is 11.6 Å². The molecule has 13 heteroatoms. The molecule has 0 bridgehead atoms. The summed E-state index contributed by atoms with van der Waals surface area (Å²) in [5, 5.41) is 13.7. The number of amides is 1. The van der Waals surface area contributed by atoms with Gasteiger partial charge in [-0.25, -0.2) is 14.6 Å². The number of anilines is 1. The zero-order valence-corrected chi connectivity index (χ0v) is 30.0. The molecule has 3 aliphatic heterocycles. The first-order chi connectivity index (χ1) is 24.1. The average Bonchev–Trinajstić information content (AvgIpc) is 3.45. The number of carbonyl (C=O) groups excluding carboxylic acids is 2. The number of esters is 1. The Morgan fingerprint density at radius 2 is 2.08 bits per heavy atom. The Kier molecular flexibility index (Phi) is 9.52. The van der Waals surface area contributed by atoms with Gasteiger partial charge in [0.2, 0.25) is 5.91 Å². The van der Waals surface area contributed by atoms with Crippen LogP contribution < -0.4 is 21.4 Å². The third-order valence-corrected chi connectivity index (χ3v) is 13.1. The number of hydrogen-bond donors (Lipinski definition) is 3. The number of fused-ring (bicyclic) bond motifs is 7. The molecule has 4 aliphatic rings. The molecular weight excluding hydrogens is 677 g/mol. The van der Waals surface area contributed by atoms with Gasteiger partial charge in [-0.05, 0) is 55.8 Å². The smallest absolute Gasteiger partial charge is 0.336 e. The fraction of sp³-hybridized carbons (Fsp3) is 0.459. The number of nitrogens with zero attached hydrogens (tertiary/aromatic N) is 2. The van der Waals surface area contributed by atoms with E-state index >= 15 is 0 Å². The molecule has 11 nitrogen and oxygen atoms in total. The van der Waals surface area contributed by atoms with Gasteiger partial charge in [0, 0.05) is 91.7 Å². The van der Waals surface area contributed by atoms with Crippen LogP contribution in [0.25, 0.3) is 11.0 Å². The normalized spacial score (nSPS) is 27.9. The van der Waals surface area contributed by atoms with Crippen LogP contribution in [0.5, 0.6) is 5.75 Å². The molecule has 1 aromatic carbocycles. The van der Waals surface area contributed by atoms with Crippen LogP contribution in [0.3, 0.4) is 0 Å². The number of benzene rings is 1. The lowest BCUT2D eigenvalue weighted by molar-refractivity contribution is -0.183. The van der Waals surface area contributed by atoms with Gasteiger partial charge < -0.3 is 34.9 Å². The highest BCUT2D eigenvalue weighted by atomic mass is 33.1. The molecule has 2 aromatic heterocycles. The van der Waals surface area contributed by atoms with Gasteiger partial charge in [-0.15, -0.1) is 0 Å². The van der Waals surface area contributed by atoms with Crippen LogP contribution in [-0.4, -0.2) is 82.4 Å². The quantitative estimate of drug-likeness (QED) is 0.110. The lowest BCUT2D eigenvalue weighted by Gasteiger charge is -2.53. The second-order valence-corrected chi connectivity index (χ2v) is 16.2. The minimum atomic E-state index is -1.22. The molecule has 0 saturated carbocycles. The maximum absolute atomic E-state index is 14.0. The Hall–Kier alpha value is -3.78. The number of allylic oxidation sites excluding steroid dienone is 1. The van der Waals surface area contributed by atoms with E-state index < -0.39 is 28.7 Å². The van der Waals surface area contributed by atoms with E-state index in [0.29, 0.717) is 53.8 Å². The summed E-state index contributed by atoms with van der Waals surface area (Å²) in [6, 6.07) is 8.80. The van der Waals surface area contributed by atoms with Crippen LogP contribution in [0.15, 0.2) is 69.0 Å². The number of ether oxygens (including phenoxy) is 2. The lowest BCUT2D eigenvalue weighted by Crippen LogP contribution is -2.64. The van der Waals surface area contributed by atoms with Gasteiger partial charge in [0.05, 0.1) is 12.3 Å². The number of aliphatic hydroxyl groups is 1. The Balaban J connectivity index is 1.39. The molecule has 1 spiro atoms. The second kappa shape index (κ2) is 13.7. The first-order valence-corrected chi connectivity index (χ1v) is 19.5. The van der Waals surface area contributed by atoms with Crippen LogP contribution >= 0.6 is 21.6 Å². The molecule has 3 aromatic rings. The van der Waals surface area contributed by atoms with Gasteiger partial charge in [0.1, 0.15) is 17.2 Å². The number of carbonyl (C=O) groups is 2. The number of nitrogen functional groups attached to an aromatic ring is 1. The van der Waals surface area contributed by atoms with E-state index in [9.17, 15) is 19.5 Å². The second-order valence-electron chi connectivity index (χ2n) is 13.7. The molecular formula is C37H42N4O7S2. The summed E-state index contributed by atoms with van der Waals surface area (Å²) in [6.07, 6.45) is 6.53. The first-order valence-electron chi connectivity index (χ1n) is 17.0. The van der Waals surface area contributed by atoms with Crippen molar-refractivity contribution in [2.24, 2.45) is 5.92 Å². The van der Waals surface area contributed by atoms with Gasteiger partial charge in [-0.3, -0.25) is 4.79 Å². The summed E-state index contributed by atoms with van der Waals surface area (Å²) in [7, 11) is 5.45. The Morgan fingerprint density at radius 1 is 1.24 bits per heavy atom. The van der Waals surface area contributed by atoms with Crippen molar-refractivity contribution >= 4 is 50.3 Å². The summed E-state index contributed by atoms with van der Waals surface area (Å²) in [5.41, 5.74) is 7.81. The molecule has 50 heavy (non-hydrogen) atoms. The maximum atomic E-state index is 14.0. The van der Waals surface area contributed by atoms with E-state index in [1.807, 2.05) is 31.0 Å². The number of nitrogens with two attached hydrogens (primary N) is 1. The molecule has 5 heterocycles. The predicted molar refractivity (Wildman–Crippen MR) is 195 cm³/mol. The monoisotopic (exact) mass is 718 g/mol. The summed E-state index contributed by atoms with van der Waals surface area (Å²) in [4.78, 5) is 46.4. The lowest BCUT2D eigenvalue weighted by atomic mass is 9.61. The Labute approximate surface area is 298 Å². The standard InChI is InChI=1S/C37H42N4O7S2/c1-4-21(8-10-42)35(45)48-36(2)9-7-23-19-49-50-20-28-26(16-39-3)18-41(28)32(43)12-25-17-40-31(38)13-27(25)34(23)37(36)15-24-11-22-5-6-33(44)46-29(22)14-30(24)47-37/h4-7,11,13-14,17,26,28,34,39,42H,8-10,12,15-16,18-20H2,1-3H3,(H2,38,40). The molecule has 264 valence electrons. The van der Waals surface area contributed by atoms with Crippen LogP contribution in [0.4, 0.5) is 5.82 Å². The highest BCUT2D eigenvalue weighted by Crippen LogP contribution is 2.58. The highest BCUT2D eigenvalue weighted by Gasteiger charge is 2.64. The van der Waals surface area contributed by atoms with Crippen molar-refractivity contribution < 1.29 is 28.6 Å². The first kappa shape index (κ1) is 34.7. The predicted octanol–water partition coefficient (Wildman–Crippen LogP) is 4.17. The van der Waals surface area contributed by atoms with Crippen molar-refractivity contribution in [3.63, 3.8) is 0 Å². The van der Waals surface area contributed by atoms with Crippen LogP contribution in [0, 0.1) is 5.92 Å². The number of hydrogen-bond acceptors (Lipinski definition) is 12. The SMILES string of the molecule is CC=C(CCO)C(=O)OC1(C)CC=C2CSSCC3C(CNC)CN3C(=O)Cc3cnc(N)cc3C2C12Cc1cc3ccc(=O)oc3cc1O2. The van der Waals surface area contributed by atoms with Gasteiger partial charge in [0.25, 0.3) is 0 Å². The minimum Gasteiger partial charge on any atom is -0.481 e. The molecule has 4 N–H and O–H groups in total. The van der Waals surface area contributed by atoms with E-state index in [1.165, 1.54) is 6.07 Å². The number of pyridine rings is 1. The Morgan fingerprint density at radius 3 is 2.86 bits per heavy atom. The molecule has 1 amide bonds. The maximum Gasteiger partial charge on any atom is 0.336 e. The van der Waals surface area contributed by atoms with Crippen molar-refractivity contribution in [2.45, 2.75) is 62.7 Å². The number of nitrogens with one attached hydrogen (secondary N) is 1. The van der Waals surface area contributed by atoms with Crippen molar-refractivity contribution in [3.05, 3.63) is 86.9 Å². The van der Waals surface area contributed by atoms with E-state index in [0.717, 1.165) is 39.9 Å². The third-order valence-electron chi connectivity index (χ3n) is 10.7. The van der Waals surface area contributed by atoms with E-state index in [1.54, 1.807) is 52.9 Å². The van der Waals surface area contributed by atoms with Gasteiger partial charge in [0.15, 0.2) is 11.2 Å².